The van der Waals surface area contributed by atoms with E-state index in [1.807, 2.05) is 6.92 Å². The highest BCUT2D eigenvalue weighted by Crippen LogP contribution is 1.99. The normalized spacial score (nSPS) is 10.9. The summed E-state index contributed by atoms with van der Waals surface area (Å²) in [5, 5.41) is 2.38. The van der Waals surface area contributed by atoms with Gasteiger partial charge in [0, 0.05) is 0 Å². The van der Waals surface area contributed by atoms with E-state index in [1.165, 1.54) is 6.08 Å². The molecule has 0 aromatic heterocycles. The van der Waals surface area contributed by atoms with Gasteiger partial charge in [-0.1, -0.05) is 25.3 Å². The van der Waals surface area contributed by atoms with E-state index in [9.17, 15) is 9.59 Å². The Labute approximate surface area is 108 Å². The van der Waals surface area contributed by atoms with E-state index in [0.29, 0.717) is 6.61 Å². The summed E-state index contributed by atoms with van der Waals surface area (Å²) < 4.78 is 9.62. The van der Waals surface area contributed by atoms with E-state index in [1.54, 1.807) is 0 Å². The summed E-state index contributed by atoms with van der Waals surface area (Å²) in [6.45, 7) is 5.70. The Hall–Kier alpha value is -1.96. The van der Waals surface area contributed by atoms with Crippen LogP contribution in [0.3, 0.4) is 0 Å². The number of hydrogen-bond donors (Lipinski definition) is 1. The SMILES string of the molecule is C#CCOC(=O)NC(CC=C)C(=O)OCCCC. The minimum Gasteiger partial charge on any atom is -0.464 e. The third kappa shape index (κ3) is 7.34. The van der Waals surface area contributed by atoms with Crippen LogP contribution < -0.4 is 5.32 Å². The Morgan fingerprint density at radius 2 is 2.22 bits per heavy atom. The quantitative estimate of drug-likeness (QED) is 0.309. The number of hydrogen-bond acceptors (Lipinski definition) is 4. The Kier molecular flexibility index (Phi) is 9.10. The molecule has 0 aliphatic rings. The highest BCUT2D eigenvalue weighted by molar-refractivity contribution is 5.81. The highest BCUT2D eigenvalue weighted by atomic mass is 16.6. The van der Waals surface area contributed by atoms with Crippen LogP contribution in [-0.4, -0.2) is 31.3 Å². The summed E-state index contributed by atoms with van der Waals surface area (Å²) in [6.07, 6.45) is 7.71. The molecule has 1 N–H and O–H groups in total. The summed E-state index contributed by atoms with van der Waals surface area (Å²) in [6, 6.07) is -0.787. The van der Waals surface area contributed by atoms with Gasteiger partial charge < -0.3 is 14.8 Å². The van der Waals surface area contributed by atoms with E-state index in [0.717, 1.165) is 12.8 Å². The molecule has 0 spiro atoms. The third-order valence-electron chi connectivity index (χ3n) is 2.01. The maximum Gasteiger partial charge on any atom is 0.408 e. The van der Waals surface area contributed by atoms with Gasteiger partial charge in [0.25, 0.3) is 0 Å². The van der Waals surface area contributed by atoms with Crippen molar-refractivity contribution in [3.8, 4) is 12.3 Å². The van der Waals surface area contributed by atoms with Crippen LogP contribution >= 0.6 is 0 Å². The fraction of sp³-hybridized carbons (Fsp3) is 0.538. The zero-order valence-electron chi connectivity index (χ0n) is 10.6. The van der Waals surface area contributed by atoms with Crippen LogP contribution in [-0.2, 0) is 14.3 Å². The predicted molar refractivity (Wildman–Crippen MR) is 67.8 cm³/mol. The lowest BCUT2D eigenvalue weighted by atomic mass is 10.2. The standard InChI is InChI=1S/C13H19NO4/c1-4-7-10-17-12(15)11(8-5-2)14-13(16)18-9-6-3/h3,5,11H,2,4,7-10H2,1H3,(H,14,16). The fourth-order valence-electron chi connectivity index (χ4n) is 1.09. The first-order chi connectivity index (χ1) is 8.65. The van der Waals surface area contributed by atoms with Crippen molar-refractivity contribution in [2.24, 2.45) is 0 Å². The molecule has 5 nitrogen and oxygen atoms in total. The molecule has 18 heavy (non-hydrogen) atoms. The molecule has 0 aliphatic carbocycles. The van der Waals surface area contributed by atoms with Crippen LogP contribution in [0.1, 0.15) is 26.2 Å². The molecule has 0 aliphatic heterocycles. The van der Waals surface area contributed by atoms with Crippen molar-refractivity contribution in [2.45, 2.75) is 32.2 Å². The van der Waals surface area contributed by atoms with Crippen LogP contribution in [0.25, 0.3) is 0 Å². The minimum absolute atomic E-state index is 0.141. The van der Waals surface area contributed by atoms with Crippen molar-refractivity contribution in [1.82, 2.24) is 5.32 Å². The van der Waals surface area contributed by atoms with E-state index < -0.39 is 18.1 Å². The molecule has 0 aromatic carbocycles. The van der Waals surface area contributed by atoms with Gasteiger partial charge in [-0.25, -0.2) is 9.59 Å². The maximum absolute atomic E-state index is 11.6. The maximum atomic E-state index is 11.6. The second kappa shape index (κ2) is 10.2. The van der Waals surface area contributed by atoms with Crippen molar-refractivity contribution in [3.05, 3.63) is 12.7 Å². The number of amides is 1. The van der Waals surface area contributed by atoms with Crippen LogP contribution in [0.4, 0.5) is 4.79 Å². The van der Waals surface area contributed by atoms with Crippen LogP contribution in [0.5, 0.6) is 0 Å². The van der Waals surface area contributed by atoms with Crippen LogP contribution in [0, 0.1) is 12.3 Å². The molecular weight excluding hydrogens is 234 g/mol. The second-order valence-corrected chi connectivity index (χ2v) is 3.52. The molecule has 0 saturated carbocycles. The minimum atomic E-state index is -0.787. The number of unbranched alkanes of at least 4 members (excludes halogenated alkanes) is 1. The molecule has 1 amide bonds. The molecule has 5 heteroatoms. The predicted octanol–water partition coefficient (Wildman–Crippen LogP) is 1.63. The van der Waals surface area contributed by atoms with Crippen molar-refractivity contribution in [2.75, 3.05) is 13.2 Å². The molecule has 0 saturated heterocycles. The monoisotopic (exact) mass is 253 g/mol. The molecule has 0 bridgehead atoms. The number of carbonyl (C=O) groups excluding carboxylic acids is 2. The van der Waals surface area contributed by atoms with Gasteiger partial charge in [-0.05, 0) is 12.8 Å². The summed E-state index contributed by atoms with van der Waals surface area (Å²) in [5.41, 5.74) is 0. The van der Waals surface area contributed by atoms with Crippen molar-refractivity contribution in [3.63, 3.8) is 0 Å². The van der Waals surface area contributed by atoms with Gasteiger partial charge in [0.2, 0.25) is 0 Å². The average Bonchev–Trinajstić information content (AvgIpc) is 2.36. The third-order valence-corrected chi connectivity index (χ3v) is 2.01. The zero-order chi connectivity index (χ0) is 13.8. The number of ether oxygens (including phenoxy) is 2. The number of nitrogens with one attached hydrogen (secondary N) is 1. The zero-order valence-corrected chi connectivity index (χ0v) is 10.6. The van der Waals surface area contributed by atoms with Crippen molar-refractivity contribution >= 4 is 12.1 Å². The average molecular weight is 253 g/mol. The second-order valence-electron chi connectivity index (χ2n) is 3.52. The van der Waals surface area contributed by atoms with Gasteiger partial charge in [-0.15, -0.1) is 13.0 Å². The van der Waals surface area contributed by atoms with E-state index in [-0.39, 0.29) is 13.0 Å². The molecule has 0 rings (SSSR count). The van der Waals surface area contributed by atoms with Gasteiger partial charge in [0.1, 0.15) is 6.04 Å². The number of alkyl carbamates (subject to hydrolysis) is 1. The lowest BCUT2D eigenvalue weighted by Crippen LogP contribution is -2.42. The Morgan fingerprint density at radius 3 is 2.78 bits per heavy atom. The largest absolute Gasteiger partial charge is 0.464 e. The molecule has 0 aromatic rings. The van der Waals surface area contributed by atoms with Crippen LogP contribution in [0.2, 0.25) is 0 Å². The molecule has 0 radical (unpaired) electrons. The number of carbonyl (C=O) groups is 2. The molecule has 1 atom stereocenters. The Morgan fingerprint density at radius 1 is 1.50 bits per heavy atom. The first-order valence-corrected chi connectivity index (χ1v) is 5.80. The van der Waals surface area contributed by atoms with Gasteiger partial charge in [-0.2, -0.15) is 0 Å². The molecule has 0 heterocycles. The molecule has 100 valence electrons. The van der Waals surface area contributed by atoms with Gasteiger partial charge >= 0.3 is 12.1 Å². The number of esters is 1. The van der Waals surface area contributed by atoms with E-state index in [2.05, 4.69) is 22.6 Å². The fourth-order valence-corrected chi connectivity index (χ4v) is 1.09. The van der Waals surface area contributed by atoms with Crippen molar-refractivity contribution in [1.29, 1.82) is 0 Å². The first kappa shape index (κ1) is 16.0. The van der Waals surface area contributed by atoms with Gasteiger partial charge in [0.15, 0.2) is 6.61 Å². The lowest BCUT2D eigenvalue weighted by Gasteiger charge is -2.15. The van der Waals surface area contributed by atoms with Crippen LogP contribution in [0.15, 0.2) is 12.7 Å². The number of rotatable bonds is 8. The number of terminal acetylenes is 1. The Bertz CT molecular complexity index is 319. The lowest BCUT2D eigenvalue weighted by molar-refractivity contribution is -0.146. The first-order valence-electron chi connectivity index (χ1n) is 5.80. The summed E-state index contributed by atoms with van der Waals surface area (Å²) >= 11 is 0. The highest BCUT2D eigenvalue weighted by Gasteiger charge is 2.21. The summed E-state index contributed by atoms with van der Waals surface area (Å²) in [4.78, 5) is 22.9. The van der Waals surface area contributed by atoms with E-state index in [4.69, 9.17) is 11.2 Å². The smallest absolute Gasteiger partial charge is 0.408 e. The molecule has 0 fully saturated rings. The molecular formula is C13H19NO4. The van der Waals surface area contributed by atoms with Crippen molar-refractivity contribution < 1.29 is 19.1 Å². The van der Waals surface area contributed by atoms with E-state index >= 15 is 0 Å². The summed E-state index contributed by atoms with van der Waals surface area (Å²) in [7, 11) is 0. The van der Waals surface area contributed by atoms with Gasteiger partial charge in [0.05, 0.1) is 6.61 Å². The Balaban J connectivity index is 4.19. The molecule has 1 unspecified atom stereocenters. The topological polar surface area (TPSA) is 64.6 Å². The van der Waals surface area contributed by atoms with Gasteiger partial charge in [-0.3, -0.25) is 0 Å². The summed E-state index contributed by atoms with van der Waals surface area (Å²) in [5.74, 6) is 1.66.